The number of aliphatic hydroxyl groups excluding tert-OH is 1. The van der Waals surface area contributed by atoms with Crippen LogP contribution in [0.3, 0.4) is 0 Å². The highest BCUT2D eigenvalue weighted by Crippen LogP contribution is 2.27. The number of ether oxygens (including phenoxy) is 1. The summed E-state index contributed by atoms with van der Waals surface area (Å²) in [6.07, 6.45) is 6.88. The maximum Gasteiger partial charge on any atom is 0.250 e. The highest BCUT2D eigenvalue weighted by molar-refractivity contribution is 5.95. The smallest absolute Gasteiger partial charge is 0.250 e. The molecule has 26 heavy (non-hydrogen) atoms. The second-order valence-electron chi connectivity index (χ2n) is 5.77. The highest BCUT2D eigenvalue weighted by atomic mass is 19.1. The first kappa shape index (κ1) is 17.6. The molecule has 0 fully saturated rings. The summed E-state index contributed by atoms with van der Waals surface area (Å²) in [5, 5.41) is 9.96. The lowest BCUT2D eigenvalue weighted by molar-refractivity contribution is -0.113. The van der Waals surface area contributed by atoms with Crippen molar-refractivity contribution >= 4 is 23.0 Å². The van der Waals surface area contributed by atoms with Crippen LogP contribution < -0.4 is 10.5 Å². The van der Waals surface area contributed by atoms with Crippen LogP contribution in [0.1, 0.15) is 12.5 Å². The monoisotopic (exact) mass is 356 g/mol. The van der Waals surface area contributed by atoms with E-state index < -0.39 is 17.8 Å². The number of primary amides is 1. The summed E-state index contributed by atoms with van der Waals surface area (Å²) < 4.78 is 19.3. The lowest BCUT2D eigenvalue weighted by Gasteiger charge is -2.09. The number of nitrogens with one attached hydrogen (secondary N) is 1. The standard InChI is InChI=1S/C18H17FN4O3/c1-10(24)9-26-18-15(19)5-13(8-23-18)12-4-14-11(2-3-16(20)25)6-21-17(14)22-7-12/h2-8,10,24H,9H2,1H3,(H2,20,25)(H,21,22)/b3-2+/t10-/m1/s1. The van der Waals surface area contributed by atoms with E-state index in [1.807, 2.05) is 6.07 Å². The predicted molar refractivity (Wildman–Crippen MR) is 94.7 cm³/mol. The van der Waals surface area contributed by atoms with E-state index in [2.05, 4.69) is 15.0 Å². The molecule has 7 nitrogen and oxygen atoms in total. The first-order chi connectivity index (χ1) is 12.4. The van der Waals surface area contributed by atoms with Crippen LogP contribution in [-0.2, 0) is 4.79 Å². The molecule has 0 radical (unpaired) electrons. The third-order valence-electron chi connectivity index (χ3n) is 3.59. The van der Waals surface area contributed by atoms with Gasteiger partial charge in [0.25, 0.3) is 0 Å². The molecule has 3 aromatic heterocycles. The second kappa shape index (κ2) is 7.32. The Kier molecular flexibility index (Phi) is 4.94. The molecule has 1 amide bonds. The molecule has 0 aromatic carbocycles. The van der Waals surface area contributed by atoms with Crippen molar-refractivity contribution < 1.29 is 19.0 Å². The molecular formula is C18H17FN4O3. The van der Waals surface area contributed by atoms with E-state index in [0.29, 0.717) is 16.8 Å². The molecule has 3 aromatic rings. The fourth-order valence-electron chi connectivity index (χ4n) is 2.38. The van der Waals surface area contributed by atoms with Crippen molar-refractivity contribution in [1.82, 2.24) is 15.0 Å². The summed E-state index contributed by atoms with van der Waals surface area (Å²) in [6, 6.07) is 3.10. The number of nitrogens with zero attached hydrogens (tertiary/aromatic N) is 2. The molecule has 0 aliphatic heterocycles. The number of carbonyl (C=O) groups is 1. The van der Waals surface area contributed by atoms with Crippen LogP contribution in [0, 0.1) is 5.82 Å². The van der Waals surface area contributed by atoms with E-state index in [4.69, 9.17) is 10.5 Å². The Morgan fingerprint density at radius 2 is 2.12 bits per heavy atom. The average molecular weight is 356 g/mol. The van der Waals surface area contributed by atoms with Gasteiger partial charge >= 0.3 is 0 Å². The van der Waals surface area contributed by atoms with Gasteiger partial charge in [-0.2, -0.15) is 0 Å². The number of fused-ring (bicyclic) bond motifs is 1. The number of aliphatic hydroxyl groups is 1. The quantitative estimate of drug-likeness (QED) is 0.585. The van der Waals surface area contributed by atoms with E-state index in [1.54, 1.807) is 18.5 Å². The van der Waals surface area contributed by atoms with Crippen molar-refractivity contribution in [2.45, 2.75) is 13.0 Å². The average Bonchev–Trinajstić information content (AvgIpc) is 3.01. The van der Waals surface area contributed by atoms with Crippen molar-refractivity contribution in [3.8, 4) is 17.0 Å². The molecule has 0 saturated heterocycles. The summed E-state index contributed by atoms with van der Waals surface area (Å²) in [6.45, 7) is 1.49. The minimum atomic E-state index is -0.719. The number of pyridine rings is 2. The van der Waals surface area contributed by atoms with Gasteiger partial charge in [0.1, 0.15) is 12.3 Å². The van der Waals surface area contributed by atoms with Crippen LogP contribution in [0.2, 0.25) is 0 Å². The zero-order valence-corrected chi connectivity index (χ0v) is 13.9. The zero-order chi connectivity index (χ0) is 18.7. The molecular weight excluding hydrogens is 339 g/mol. The fourth-order valence-corrected chi connectivity index (χ4v) is 2.38. The lowest BCUT2D eigenvalue weighted by Crippen LogP contribution is -2.14. The van der Waals surface area contributed by atoms with Crippen molar-refractivity contribution in [2.24, 2.45) is 5.73 Å². The Bertz CT molecular complexity index is 982. The van der Waals surface area contributed by atoms with Crippen LogP contribution in [0.25, 0.3) is 28.2 Å². The maximum atomic E-state index is 14.2. The van der Waals surface area contributed by atoms with Gasteiger partial charge in [-0.05, 0) is 25.1 Å². The van der Waals surface area contributed by atoms with Gasteiger partial charge in [-0.25, -0.2) is 14.4 Å². The molecule has 0 bridgehead atoms. The molecule has 3 heterocycles. The predicted octanol–water partition coefficient (Wildman–Crippen LogP) is 2.02. The summed E-state index contributed by atoms with van der Waals surface area (Å²) >= 11 is 0. The van der Waals surface area contributed by atoms with Crippen LogP contribution in [-0.4, -0.2) is 38.7 Å². The van der Waals surface area contributed by atoms with Gasteiger partial charge in [-0.15, -0.1) is 0 Å². The van der Waals surface area contributed by atoms with E-state index in [-0.39, 0.29) is 12.5 Å². The van der Waals surface area contributed by atoms with Crippen LogP contribution in [0.4, 0.5) is 4.39 Å². The first-order valence-corrected chi connectivity index (χ1v) is 7.85. The van der Waals surface area contributed by atoms with Crippen molar-refractivity contribution in [1.29, 1.82) is 0 Å². The number of aromatic nitrogens is 3. The largest absolute Gasteiger partial charge is 0.473 e. The van der Waals surface area contributed by atoms with Gasteiger partial charge in [0.05, 0.1) is 6.10 Å². The molecule has 0 unspecified atom stereocenters. The minimum absolute atomic E-state index is 0.0459. The van der Waals surface area contributed by atoms with Gasteiger partial charge in [-0.1, -0.05) is 0 Å². The Morgan fingerprint density at radius 1 is 1.38 bits per heavy atom. The van der Waals surface area contributed by atoms with Crippen LogP contribution in [0.15, 0.2) is 36.8 Å². The van der Waals surface area contributed by atoms with E-state index in [1.165, 1.54) is 25.3 Å². The molecule has 0 aliphatic rings. The van der Waals surface area contributed by atoms with Crippen molar-refractivity contribution in [2.75, 3.05) is 6.61 Å². The zero-order valence-electron chi connectivity index (χ0n) is 13.9. The molecule has 4 N–H and O–H groups in total. The SMILES string of the molecule is C[C@@H](O)COc1ncc(-c2cnc3[nH]cc(/C=C/C(N)=O)c3c2)cc1F. The Hall–Kier alpha value is -3.26. The Labute approximate surface area is 148 Å². The normalized spacial score (nSPS) is 12.6. The van der Waals surface area contributed by atoms with E-state index in [0.717, 1.165) is 10.9 Å². The number of amides is 1. The summed E-state index contributed by atoms with van der Waals surface area (Å²) in [5.41, 5.74) is 7.65. The molecule has 134 valence electrons. The van der Waals surface area contributed by atoms with Gasteiger partial charge in [-0.3, -0.25) is 4.79 Å². The van der Waals surface area contributed by atoms with Gasteiger partial charge in [0.15, 0.2) is 5.82 Å². The van der Waals surface area contributed by atoms with Crippen LogP contribution in [0.5, 0.6) is 5.88 Å². The van der Waals surface area contributed by atoms with Crippen molar-refractivity contribution in [3.63, 3.8) is 0 Å². The third kappa shape index (κ3) is 3.86. The van der Waals surface area contributed by atoms with Gasteiger partial charge in [0, 0.05) is 46.7 Å². The van der Waals surface area contributed by atoms with Crippen LogP contribution >= 0.6 is 0 Å². The highest BCUT2D eigenvalue weighted by Gasteiger charge is 2.11. The molecule has 0 saturated carbocycles. The molecule has 0 spiro atoms. The van der Waals surface area contributed by atoms with Gasteiger partial charge < -0.3 is 20.6 Å². The number of carbonyl (C=O) groups excluding carboxylic acids is 1. The van der Waals surface area contributed by atoms with Gasteiger partial charge in [0.2, 0.25) is 11.8 Å². The molecule has 0 aliphatic carbocycles. The van der Waals surface area contributed by atoms with E-state index >= 15 is 0 Å². The second-order valence-corrected chi connectivity index (χ2v) is 5.77. The number of rotatable bonds is 6. The number of H-pyrrole nitrogens is 1. The summed E-state index contributed by atoms with van der Waals surface area (Å²) in [7, 11) is 0. The Morgan fingerprint density at radius 3 is 2.81 bits per heavy atom. The number of hydrogen-bond donors (Lipinski definition) is 3. The number of aromatic amines is 1. The number of nitrogens with two attached hydrogens (primary N) is 1. The summed E-state index contributed by atoms with van der Waals surface area (Å²) in [5.74, 6) is -1.36. The number of halogens is 1. The Balaban J connectivity index is 1.93. The molecule has 1 atom stereocenters. The lowest BCUT2D eigenvalue weighted by atomic mass is 10.1. The maximum absolute atomic E-state index is 14.2. The molecule has 3 rings (SSSR count). The summed E-state index contributed by atoms with van der Waals surface area (Å²) in [4.78, 5) is 22.2. The first-order valence-electron chi connectivity index (χ1n) is 7.85. The van der Waals surface area contributed by atoms with E-state index in [9.17, 15) is 14.3 Å². The number of hydrogen-bond acceptors (Lipinski definition) is 5. The molecule has 8 heteroatoms. The topological polar surface area (TPSA) is 114 Å². The fraction of sp³-hybridized carbons (Fsp3) is 0.167. The minimum Gasteiger partial charge on any atom is -0.473 e. The third-order valence-corrected chi connectivity index (χ3v) is 3.59. The van der Waals surface area contributed by atoms with Crippen molar-refractivity contribution in [3.05, 3.63) is 48.2 Å².